The van der Waals surface area contributed by atoms with Crippen LogP contribution in [0.3, 0.4) is 0 Å². The van der Waals surface area contributed by atoms with Crippen LogP contribution in [-0.2, 0) is 28.6 Å². The van der Waals surface area contributed by atoms with Crippen molar-refractivity contribution in [3.63, 3.8) is 0 Å². The van der Waals surface area contributed by atoms with E-state index in [4.69, 9.17) is 14.2 Å². The zero-order valence-electron chi connectivity index (χ0n) is 56.2. The monoisotopic (exact) mass is 1170 g/mol. The first-order chi connectivity index (χ1) is 41.0. The Balaban J connectivity index is 4.07. The van der Waals surface area contributed by atoms with Crippen LogP contribution in [0.15, 0.2) is 36.5 Å². The number of carbonyl (C=O) groups excluding carboxylic acids is 3. The smallest absolute Gasteiger partial charge is 0.306 e. The summed E-state index contributed by atoms with van der Waals surface area (Å²) in [5.41, 5.74) is 0. The summed E-state index contributed by atoms with van der Waals surface area (Å²) in [6.07, 6.45) is 90.6. The molecule has 0 aromatic carbocycles. The molecule has 1 atom stereocenters. The van der Waals surface area contributed by atoms with Gasteiger partial charge in [-0.1, -0.05) is 359 Å². The number of carbonyl (C=O) groups is 3. The summed E-state index contributed by atoms with van der Waals surface area (Å²) in [7, 11) is 0. The molecular formula is C77H144O6. The van der Waals surface area contributed by atoms with E-state index in [0.29, 0.717) is 19.3 Å². The SMILES string of the molecule is CCCCC/C=C\C/C=C\CCCCCCCCCC(=O)OC(COC(=O)CCCCCCCCCCCCCCC)COC(=O)CCCCCCCCCCCCCCCCCCCCCCCCC/C=C\CCCCCCCCCC. The minimum atomic E-state index is -0.773. The molecule has 0 rings (SSSR count). The number of rotatable bonds is 70. The fourth-order valence-corrected chi connectivity index (χ4v) is 11.5. The molecule has 0 aromatic rings. The fourth-order valence-electron chi connectivity index (χ4n) is 11.5. The van der Waals surface area contributed by atoms with Gasteiger partial charge in [0.05, 0.1) is 0 Å². The zero-order chi connectivity index (χ0) is 59.9. The lowest BCUT2D eigenvalue weighted by atomic mass is 10.0. The highest BCUT2D eigenvalue weighted by Gasteiger charge is 2.20. The third kappa shape index (κ3) is 70.3. The van der Waals surface area contributed by atoms with Crippen molar-refractivity contribution in [2.45, 2.75) is 425 Å². The second kappa shape index (κ2) is 72.1. The predicted molar refractivity (Wildman–Crippen MR) is 362 cm³/mol. The molecule has 0 aromatic heterocycles. The van der Waals surface area contributed by atoms with Crippen LogP contribution in [0.1, 0.15) is 419 Å². The minimum Gasteiger partial charge on any atom is -0.462 e. The molecule has 0 radical (unpaired) electrons. The van der Waals surface area contributed by atoms with Gasteiger partial charge in [0.15, 0.2) is 6.10 Å². The van der Waals surface area contributed by atoms with E-state index < -0.39 is 6.10 Å². The number of hydrogen-bond donors (Lipinski definition) is 0. The van der Waals surface area contributed by atoms with Crippen LogP contribution in [0.5, 0.6) is 0 Å². The maximum absolute atomic E-state index is 12.9. The molecule has 0 aliphatic carbocycles. The van der Waals surface area contributed by atoms with Crippen molar-refractivity contribution in [2.75, 3.05) is 13.2 Å². The maximum Gasteiger partial charge on any atom is 0.306 e. The lowest BCUT2D eigenvalue weighted by molar-refractivity contribution is -0.167. The third-order valence-electron chi connectivity index (χ3n) is 17.1. The normalized spacial score (nSPS) is 12.2. The van der Waals surface area contributed by atoms with Crippen LogP contribution in [0.4, 0.5) is 0 Å². The first-order valence-corrected chi connectivity index (χ1v) is 37.5. The Morgan fingerprint density at radius 2 is 0.434 bits per heavy atom. The van der Waals surface area contributed by atoms with Gasteiger partial charge in [-0.25, -0.2) is 0 Å². The summed E-state index contributed by atoms with van der Waals surface area (Å²) >= 11 is 0. The van der Waals surface area contributed by atoms with Crippen molar-refractivity contribution >= 4 is 17.9 Å². The first-order valence-electron chi connectivity index (χ1n) is 37.5. The number of allylic oxidation sites excluding steroid dienone is 6. The minimum absolute atomic E-state index is 0.0694. The van der Waals surface area contributed by atoms with Crippen molar-refractivity contribution in [3.05, 3.63) is 36.5 Å². The van der Waals surface area contributed by atoms with Crippen molar-refractivity contribution in [3.8, 4) is 0 Å². The number of ether oxygens (including phenoxy) is 3. The zero-order valence-corrected chi connectivity index (χ0v) is 56.2. The molecule has 6 nitrogen and oxygen atoms in total. The van der Waals surface area contributed by atoms with Crippen LogP contribution in [0.25, 0.3) is 0 Å². The van der Waals surface area contributed by atoms with E-state index in [1.807, 2.05) is 0 Å². The molecule has 0 bridgehead atoms. The topological polar surface area (TPSA) is 78.9 Å². The Hall–Kier alpha value is -2.37. The molecule has 0 N–H and O–H groups in total. The number of hydrogen-bond acceptors (Lipinski definition) is 6. The summed E-state index contributed by atoms with van der Waals surface area (Å²) in [6.45, 7) is 6.68. The van der Waals surface area contributed by atoms with Crippen molar-refractivity contribution in [2.24, 2.45) is 0 Å². The Morgan fingerprint density at radius 1 is 0.241 bits per heavy atom. The highest BCUT2D eigenvalue weighted by atomic mass is 16.6. The average Bonchev–Trinajstić information content (AvgIpc) is 3.49. The largest absolute Gasteiger partial charge is 0.462 e. The molecule has 1 unspecified atom stereocenters. The maximum atomic E-state index is 12.9. The first kappa shape index (κ1) is 80.6. The summed E-state index contributed by atoms with van der Waals surface area (Å²) in [5, 5.41) is 0. The van der Waals surface area contributed by atoms with Gasteiger partial charge in [0, 0.05) is 19.3 Å². The van der Waals surface area contributed by atoms with E-state index in [9.17, 15) is 14.4 Å². The summed E-state index contributed by atoms with van der Waals surface area (Å²) in [6, 6.07) is 0. The molecule has 0 aliphatic rings. The Labute approximate surface area is 518 Å². The summed E-state index contributed by atoms with van der Waals surface area (Å²) in [4.78, 5) is 38.4. The Kier molecular flexibility index (Phi) is 70.0. The fraction of sp³-hybridized carbons (Fsp3) is 0.883. The van der Waals surface area contributed by atoms with Gasteiger partial charge in [0.2, 0.25) is 0 Å². The van der Waals surface area contributed by atoms with Crippen molar-refractivity contribution < 1.29 is 28.6 Å². The van der Waals surface area contributed by atoms with Gasteiger partial charge >= 0.3 is 17.9 Å². The molecular weight excluding hydrogens is 1020 g/mol. The molecule has 0 amide bonds. The molecule has 0 aliphatic heterocycles. The molecule has 488 valence electrons. The lowest BCUT2D eigenvalue weighted by Gasteiger charge is -2.18. The quantitative estimate of drug-likeness (QED) is 0.0261. The molecule has 0 saturated carbocycles. The molecule has 0 spiro atoms. The number of esters is 3. The van der Waals surface area contributed by atoms with Crippen LogP contribution in [-0.4, -0.2) is 37.2 Å². The second-order valence-electron chi connectivity index (χ2n) is 25.6. The van der Waals surface area contributed by atoms with E-state index in [1.165, 1.54) is 308 Å². The molecule has 0 saturated heterocycles. The van der Waals surface area contributed by atoms with Gasteiger partial charge in [-0.15, -0.1) is 0 Å². The van der Waals surface area contributed by atoms with Gasteiger partial charge < -0.3 is 14.2 Å². The Morgan fingerprint density at radius 3 is 0.699 bits per heavy atom. The van der Waals surface area contributed by atoms with E-state index >= 15 is 0 Å². The van der Waals surface area contributed by atoms with Crippen LogP contribution >= 0.6 is 0 Å². The van der Waals surface area contributed by atoms with Crippen LogP contribution in [0, 0.1) is 0 Å². The standard InChI is InChI=1S/C77H144O6/c1-4-7-10-13-16-19-22-25-27-29-30-31-32-33-34-35-36-37-38-39-40-41-42-43-44-45-46-48-49-52-55-58-61-64-67-70-76(79)82-73-74(72-81-75(78)69-66-63-60-57-54-51-24-21-18-15-12-9-6-3)83-77(80)71-68-65-62-59-56-53-50-47-28-26-23-20-17-14-11-8-5-2/h17,20,26,28-30,74H,4-16,18-19,21-25,27,31-73H2,1-3H3/b20-17-,28-26-,30-29-. The summed E-state index contributed by atoms with van der Waals surface area (Å²) < 4.78 is 17.0. The van der Waals surface area contributed by atoms with Gasteiger partial charge in [0.25, 0.3) is 0 Å². The van der Waals surface area contributed by atoms with E-state index in [0.717, 1.165) is 70.6 Å². The van der Waals surface area contributed by atoms with E-state index in [2.05, 4.69) is 57.2 Å². The van der Waals surface area contributed by atoms with Crippen molar-refractivity contribution in [1.82, 2.24) is 0 Å². The average molecular weight is 1170 g/mol. The third-order valence-corrected chi connectivity index (χ3v) is 17.1. The van der Waals surface area contributed by atoms with Gasteiger partial charge in [0.1, 0.15) is 13.2 Å². The highest BCUT2D eigenvalue weighted by Crippen LogP contribution is 2.19. The molecule has 6 heteroatoms. The van der Waals surface area contributed by atoms with Gasteiger partial charge in [-0.05, 0) is 77.0 Å². The van der Waals surface area contributed by atoms with Crippen LogP contribution in [0.2, 0.25) is 0 Å². The molecule has 83 heavy (non-hydrogen) atoms. The predicted octanol–water partition coefficient (Wildman–Crippen LogP) is 25.9. The van der Waals surface area contributed by atoms with E-state index in [1.54, 1.807) is 0 Å². The molecule has 0 heterocycles. The van der Waals surface area contributed by atoms with E-state index in [-0.39, 0.29) is 31.1 Å². The van der Waals surface area contributed by atoms with Crippen molar-refractivity contribution in [1.29, 1.82) is 0 Å². The highest BCUT2D eigenvalue weighted by molar-refractivity contribution is 5.71. The van der Waals surface area contributed by atoms with Gasteiger partial charge in [-0.3, -0.25) is 14.4 Å². The second-order valence-corrected chi connectivity index (χ2v) is 25.6. The molecule has 0 fully saturated rings. The summed E-state index contributed by atoms with van der Waals surface area (Å²) in [5.74, 6) is -0.847. The van der Waals surface area contributed by atoms with Gasteiger partial charge in [-0.2, -0.15) is 0 Å². The Bertz CT molecular complexity index is 1380. The van der Waals surface area contributed by atoms with Crippen LogP contribution < -0.4 is 0 Å². The number of unbranched alkanes of at least 4 members (excludes halogenated alkanes) is 53. The lowest BCUT2D eigenvalue weighted by Crippen LogP contribution is -2.30.